The highest BCUT2D eigenvalue weighted by Crippen LogP contribution is 2.31. The smallest absolute Gasteiger partial charge is 0.226 e. The van der Waals surface area contributed by atoms with Gasteiger partial charge in [-0.05, 0) is 38.0 Å². The largest absolute Gasteiger partial charge is 0.366 e. The highest BCUT2D eigenvalue weighted by atomic mass is 32.2. The van der Waals surface area contributed by atoms with Crippen molar-refractivity contribution in [2.45, 2.75) is 39.2 Å². The molecular weight excluding hydrogens is 300 g/mol. The van der Waals surface area contributed by atoms with Gasteiger partial charge in [0.2, 0.25) is 5.95 Å². The molecule has 2 aromatic rings. The van der Waals surface area contributed by atoms with Gasteiger partial charge in [-0.2, -0.15) is 16.7 Å². The molecule has 0 aromatic carbocycles. The second-order valence-corrected chi connectivity index (χ2v) is 7.53. The van der Waals surface area contributed by atoms with E-state index in [1.54, 1.807) is 11.3 Å². The van der Waals surface area contributed by atoms with Gasteiger partial charge in [0.25, 0.3) is 0 Å². The number of thiophene rings is 1. The molecule has 21 heavy (non-hydrogen) atoms. The Hall–Kier alpha value is -1.01. The monoisotopic (exact) mass is 322 g/mol. The van der Waals surface area contributed by atoms with Crippen molar-refractivity contribution >= 4 is 45.1 Å². The molecule has 1 atom stereocenters. The van der Waals surface area contributed by atoms with Crippen LogP contribution < -0.4 is 10.6 Å². The molecule has 1 aliphatic heterocycles. The average Bonchev–Trinajstić information content (AvgIpc) is 2.92. The van der Waals surface area contributed by atoms with Gasteiger partial charge in [0.15, 0.2) is 0 Å². The maximum Gasteiger partial charge on any atom is 0.226 e. The van der Waals surface area contributed by atoms with Crippen LogP contribution in [0, 0.1) is 0 Å². The van der Waals surface area contributed by atoms with Crippen LogP contribution in [0.1, 0.15) is 31.6 Å². The van der Waals surface area contributed by atoms with E-state index >= 15 is 0 Å². The lowest BCUT2D eigenvalue weighted by atomic mass is 10.2. The molecule has 0 aliphatic carbocycles. The van der Waals surface area contributed by atoms with E-state index in [1.807, 2.05) is 11.8 Å². The average molecular weight is 323 g/mol. The number of rotatable bonds is 5. The highest BCUT2D eigenvalue weighted by molar-refractivity contribution is 7.99. The van der Waals surface area contributed by atoms with Gasteiger partial charge in [-0.1, -0.05) is 6.92 Å². The second kappa shape index (κ2) is 6.83. The fourth-order valence-corrected chi connectivity index (χ4v) is 4.58. The summed E-state index contributed by atoms with van der Waals surface area (Å²) in [5, 5.41) is 8.07. The van der Waals surface area contributed by atoms with Crippen LogP contribution in [0.5, 0.6) is 0 Å². The van der Waals surface area contributed by atoms with Gasteiger partial charge in [-0.25, -0.2) is 4.98 Å². The number of hydrogen-bond donors (Lipinski definition) is 2. The minimum Gasteiger partial charge on any atom is -0.366 e. The molecule has 0 saturated carbocycles. The Bertz CT molecular complexity index is 605. The van der Waals surface area contributed by atoms with E-state index in [4.69, 9.17) is 4.98 Å². The van der Waals surface area contributed by atoms with Gasteiger partial charge in [0.05, 0.1) is 5.39 Å². The third kappa shape index (κ3) is 3.43. The van der Waals surface area contributed by atoms with Crippen molar-refractivity contribution in [3.63, 3.8) is 0 Å². The number of aromatic nitrogens is 2. The van der Waals surface area contributed by atoms with Crippen LogP contribution >= 0.6 is 23.1 Å². The first-order valence-electron chi connectivity index (χ1n) is 7.68. The fraction of sp³-hybridized carbons (Fsp3) is 0.600. The third-order valence-electron chi connectivity index (χ3n) is 3.63. The maximum absolute atomic E-state index is 4.70. The number of anilines is 2. The van der Waals surface area contributed by atoms with Crippen molar-refractivity contribution in [3.05, 3.63) is 10.9 Å². The van der Waals surface area contributed by atoms with Crippen molar-refractivity contribution in [2.75, 3.05) is 28.7 Å². The summed E-state index contributed by atoms with van der Waals surface area (Å²) in [5.41, 5.74) is 0. The van der Waals surface area contributed by atoms with Crippen molar-refractivity contribution in [1.29, 1.82) is 0 Å². The topological polar surface area (TPSA) is 49.8 Å². The lowest BCUT2D eigenvalue weighted by Crippen LogP contribution is -2.26. The van der Waals surface area contributed by atoms with E-state index in [2.05, 4.69) is 35.5 Å². The van der Waals surface area contributed by atoms with E-state index < -0.39 is 0 Å². The molecule has 3 heterocycles. The molecule has 1 aliphatic rings. The zero-order valence-electron chi connectivity index (χ0n) is 12.6. The van der Waals surface area contributed by atoms with Gasteiger partial charge >= 0.3 is 0 Å². The first-order chi connectivity index (χ1) is 10.3. The lowest BCUT2D eigenvalue weighted by molar-refractivity contribution is 0.683. The summed E-state index contributed by atoms with van der Waals surface area (Å²) in [6.07, 6.45) is 3.58. The van der Waals surface area contributed by atoms with Crippen LogP contribution in [0.3, 0.4) is 0 Å². The molecule has 0 radical (unpaired) electrons. The van der Waals surface area contributed by atoms with E-state index in [1.165, 1.54) is 34.6 Å². The predicted molar refractivity (Wildman–Crippen MR) is 94.9 cm³/mol. The molecule has 0 amide bonds. The van der Waals surface area contributed by atoms with Crippen molar-refractivity contribution in [2.24, 2.45) is 0 Å². The van der Waals surface area contributed by atoms with Crippen LogP contribution in [0.4, 0.5) is 11.8 Å². The Morgan fingerprint density at radius 3 is 2.95 bits per heavy atom. The Labute approximate surface area is 134 Å². The Kier molecular flexibility index (Phi) is 4.85. The quantitative estimate of drug-likeness (QED) is 0.871. The summed E-state index contributed by atoms with van der Waals surface area (Å²) in [7, 11) is 0. The molecule has 0 spiro atoms. The number of thioether (sulfide) groups is 1. The van der Waals surface area contributed by atoms with Crippen LogP contribution in [0.25, 0.3) is 10.2 Å². The molecule has 2 aromatic heterocycles. The standard InChI is InChI=1S/C15H22N4S2/c1-3-11-8-12-13(17-10-6-5-7-20-9-10)18-15(16-4-2)19-14(12)21-11/h8,10H,3-7,9H2,1-2H3,(H2,16,17,18,19). The van der Waals surface area contributed by atoms with E-state index in [0.717, 1.165) is 29.6 Å². The van der Waals surface area contributed by atoms with Gasteiger partial charge in [-0.15, -0.1) is 11.3 Å². The first kappa shape index (κ1) is 14.9. The maximum atomic E-state index is 4.70. The van der Waals surface area contributed by atoms with Gasteiger partial charge < -0.3 is 10.6 Å². The number of fused-ring (bicyclic) bond motifs is 1. The van der Waals surface area contributed by atoms with Gasteiger partial charge in [0.1, 0.15) is 10.6 Å². The molecule has 2 N–H and O–H groups in total. The van der Waals surface area contributed by atoms with Crippen LogP contribution in [0.15, 0.2) is 6.07 Å². The van der Waals surface area contributed by atoms with Gasteiger partial charge in [0, 0.05) is 23.2 Å². The summed E-state index contributed by atoms with van der Waals surface area (Å²) in [4.78, 5) is 11.8. The SMILES string of the molecule is CCNc1nc(NC2CCCSC2)c2cc(CC)sc2n1. The Morgan fingerprint density at radius 2 is 2.24 bits per heavy atom. The van der Waals surface area contributed by atoms with E-state index in [9.17, 15) is 0 Å². The van der Waals surface area contributed by atoms with Crippen LogP contribution in [0.2, 0.25) is 0 Å². The summed E-state index contributed by atoms with van der Waals surface area (Å²) in [6.45, 7) is 5.11. The molecule has 1 unspecified atom stereocenters. The first-order valence-corrected chi connectivity index (χ1v) is 9.66. The molecule has 1 saturated heterocycles. The number of nitrogens with zero attached hydrogens (tertiary/aromatic N) is 2. The zero-order valence-corrected chi connectivity index (χ0v) is 14.2. The number of hydrogen-bond acceptors (Lipinski definition) is 6. The molecule has 114 valence electrons. The van der Waals surface area contributed by atoms with Crippen molar-refractivity contribution < 1.29 is 0 Å². The predicted octanol–water partition coefficient (Wildman–Crippen LogP) is 3.99. The Balaban J connectivity index is 1.94. The number of aryl methyl sites for hydroxylation is 1. The summed E-state index contributed by atoms with van der Waals surface area (Å²) in [5.74, 6) is 4.20. The molecule has 4 nitrogen and oxygen atoms in total. The second-order valence-electron chi connectivity index (χ2n) is 5.27. The van der Waals surface area contributed by atoms with Crippen LogP contribution in [-0.2, 0) is 6.42 Å². The minimum atomic E-state index is 0.529. The summed E-state index contributed by atoms with van der Waals surface area (Å²) in [6, 6.07) is 2.77. The van der Waals surface area contributed by atoms with E-state index in [0.29, 0.717) is 6.04 Å². The molecule has 0 bridgehead atoms. The van der Waals surface area contributed by atoms with Crippen LogP contribution in [-0.4, -0.2) is 34.1 Å². The van der Waals surface area contributed by atoms with Crippen molar-refractivity contribution in [1.82, 2.24) is 9.97 Å². The third-order valence-corrected chi connectivity index (χ3v) is 6.02. The Morgan fingerprint density at radius 1 is 1.33 bits per heavy atom. The van der Waals surface area contributed by atoms with E-state index in [-0.39, 0.29) is 0 Å². The fourth-order valence-electron chi connectivity index (χ4n) is 2.54. The molecule has 3 rings (SSSR count). The van der Waals surface area contributed by atoms with Crippen molar-refractivity contribution in [3.8, 4) is 0 Å². The zero-order chi connectivity index (χ0) is 14.7. The highest BCUT2D eigenvalue weighted by Gasteiger charge is 2.17. The summed E-state index contributed by atoms with van der Waals surface area (Å²) >= 11 is 3.81. The molecule has 1 fully saturated rings. The molecular formula is C15H22N4S2. The summed E-state index contributed by atoms with van der Waals surface area (Å²) < 4.78 is 0. The molecule has 6 heteroatoms. The number of nitrogens with one attached hydrogen (secondary N) is 2. The minimum absolute atomic E-state index is 0.529. The van der Waals surface area contributed by atoms with Gasteiger partial charge in [-0.3, -0.25) is 0 Å². The lowest BCUT2D eigenvalue weighted by Gasteiger charge is -2.23. The normalized spacial score (nSPS) is 18.9.